The third-order valence-electron chi connectivity index (χ3n) is 9.51. The maximum absolute atomic E-state index is 14.1. The summed E-state index contributed by atoms with van der Waals surface area (Å²) in [5, 5.41) is 21.6. The fraction of sp³-hybridized carbons (Fsp3) is 0.514. The molecule has 2 aromatic carbocycles. The Morgan fingerprint density at radius 1 is 0.844 bits per heavy atom. The summed E-state index contributed by atoms with van der Waals surface area (Å²) in [7, 11) is 1.70. The van der Waals surface area contributed by atoms with Gasteiger partial charge >= 0.3 is 0 Å². The van der Waals surface area contributed by atoms with Gasteiger partial charge in [0.2, 0.25) is 17.7 Å². The molecule has 2 aliphatic rings. The maximum Gasteiger partial charge on any atom is 0.242 e. The molecular weight excluding hydrogens is 566 g/mol. The molecule has 0 aliphatic heterocycles. The molecule has 1 unspecified atom stereocenters. The van der Waals surface area contributed by atoms with E-state index in [9.17, 15) is 14.4 Å². The van der Waals surface area contributed by atoms with E-state index in [1.54, 1.807) is 36.2 Å². The van der Waals surface area contributed by atoms with Crippen LogP contribution in [0.2, 0.25) is 0 Å². The number of nitrogen functional groups attached to an aromatic ring is 1. The molecule has 2 aromatic rings. The van der Waals surface area contributed by atoms with Crippen molar-refractivity contribution >= 4 is 29.4 Å². The van der Waals surface area contributed by atoms with E-state index in [1.165, 1.54) is 0 Å². The van der Waals surface area contributed by atoms with Gasteiger partial charge in [0.05, 0.1) is 5.84 Å². The predicted octanol–water partition coefficient (Wildman–Crippen LogP) is 3.71. The van der Waals surface area contributed by atoms with Gasteiger partial charge in [0, 0.05) is 31.6 Å². The third kappa shape index (κ3) is 9.64. The van der Waals surface area contributed by atoms with Gasteiger partial charge < -0.3 is 27.0 Å². The first-order chi connectivity index (χ1) is 21.6. The molecule has 10 nitrogen and oxygen atoms in total. The topological polar surface area (TPSA) is 178 Å². The molecule has 0 heterocycles. The van der Waals surface area contributed by atoms with Crippen molar-refractivity contribution in [2.24, 2.45) is 35.1 Å². The fourth-order valence-corrected chi connectivity index (χ4v) is 6.70. The highest BCUT2D eigenvalue weighted by atomic mass is 16.2. The SMILES string of the molecule is CN(Cc1ccccc1)C(=O)C(Cc1ccc(C(=N)N)cc1)C(=O)N[C@H](C(=O)NCC1CCC(C(=N)N)CC1)C1CCCCC1. The van der Waals surface area contributed by atoms with E-state index in [0.717, 1.165) is 68.9 Å². The molecule has 2 saturated carbocycles. The molecule has 2 fully saturated rings. The minimum atomic E-state index is -1.04. The van der Waals surface area contributed by atoms with Crippen LogP contribution in [-0.2, 0) is 27.3 Å². The first kappa shape index (κ1) is 33.7. The van der Waals surface area contributed by atoms with Crippen LogP contribution in [-0.4, -0.2) is 53.9 Å². The number of benzene rings is 2. The number of hydrogen-bond acceptors (Lipinski definition) is 5. The van der Waals surface area contributed by atoms with Crippen molar-refractivity contribution in [2.45, 2.75) is 76.8 Å². The molecule has 0 saturated heterocycles. The van der Waals surface area contributed by atoms with Crippen LogP contribution < -0.4 is 22.1 Å². The monoisotopic (exact) mass is 615 g/mol. The van der Waals surface area contributed by atoms with Crippen molar-refractivity contribution in [1.82, 2.24) is 15.5 Å². The van der Waals surface area contributed by atoms with Crippen molar-refractivity contribution in [2.75, 3.05) is 13.6 Å². The zero-order valence-corrected chi connectivity index (χ0v) is 26.4. The minimum Gasteiger partial charge on any atom is -0.387 e. The van der Waals surface area contributed by atoms with Gasteiger partial charge in [-0.15, -0.1) is 0 Å². The highest BCUT2D eigenvalue weighted by molar-refractivity contribution is 6.02. The van der Waals surface area contributed by atoms with Crippen molar-refractivity contribution < 1.29 is 14.4 Å². The second kappa shape index (κ2) is 16.2. The Morgan fingerprint density at radius 3 is 2.09 bits per heavy atom. The zero-order valence-electron chi connectivity index (χ0n) is 26.4. The molecule has 2 aliphatic carbocycles. The number of amides is 3. The van der Waals surface area contributed by atoms with E-state index in [-0.39, 0.29) is 41.7 Å². The second-order valence-electron chi connectivity index (χ2n) is 12.8. The summed E-state index contributed by atoms with van der Waals surface area (Å²) in [6, 6.07) is 15.9. The summed E-state index contributed by atoms with van der Waals surface area (Å²) in [6.07, 6.45) is 8.48. The van der Waals surface area contributed by atoms with Crippen molar-refractivity contribution in [3.05, 3.63) is 71.3 Å². The van der Waals surface area contributed by atoms with Gasteiger partial charge in [-0.05, 0) is 67.9 Å². The standard InChI is InChI=1S/C35H49N7O3/c1-42(22-25-8-4-2-5-9-25)35(45)29(20-23-12-16-27(17-13-23)31(36)37)33(43)41-30(26-10-6-3-7-11-26)34(44)40-21-24-14-18-28(19-15-24)32(38)39/h2,4-5,8-9,12-13,16-17,24,26,28-30H,3,6-7,10-11,14-15,18-22H2,1H3,(H3,36,37)(H3,38,39)(H,40,44)(H,41,43)/t24?,28?,29?,30-/m0/s1. The first-order valence-corrected chi connectivity index (χ1v) is 16.3. The number of amidine groups is 2. The number of nitrogens with one attached hydrogen (secondary N) is 4. The lowest BCUT2D eigenvalue weighted by atomic mass is 9.81. The van der Waals surface area contributed by atoms with Gasteiger partial charge in [-0.2, -0.15) is 0 Å². The molecule has 2 atom stereocenters. The van der Waals surface area contributed by atoms with E-state index in [0.29, 0.717) is 24.6 Å². The highest BCUT2D eigenvalue weighted by Gasteiger charge is 2.36. The van der Waals surface area contributed by atoms with Crippen molar-refractivity contribution in [3.63, 3.8) is 0 Å². The third-order valence-corrected chi connectivity index (χ3v) is 9.51. The molecule has 4 rings (SSSR count). The molecule has 45 heavy (non-hydrogen) atoms. The van der Waals surface area contributed by atoms with Crippen LogP contribution in [0.15, 0.2) is 54.6 Å². The molecule has 8 N–H and O–H groups in total. The van der Waals surface area contributed by atoms with E-state index in [2.05, 4.69) is 10.6 Å². The maximum atomic E-state index is 14.1. The van der Waals surface area contributed by atoms with Gasteiger partial charge in [0.1, 0.15) is 17.8 Å². The normalized spacial score (nSPS) is 19.9. The Morgan fingerprint density at radius 2 is 1.49 bits per heavy atom. The largest absolute Gasteiger partial charge is 0.387 e. The minimum absolute atomic E-state index is 0.00352. The quantitative estimate of drug-likeness (QED) is 0.114. The van der Waals surface area contributed by atoms with E-state index < -0.39 is 17.9 Å². The Kier molecular flexibility index (Phi) is 12.1. The summed E-state index contributed by atoms with van der Waals surface area (Å²) >= 11 is 0. The van der Waals surface area contributed by atoms with E-state index in [4.69, 9.17) is 22.3 Å². The van der Waals surface area contributed by atoms with Crippen LogP contribution in [0.3, 0.4) is 0 Å². The molecule has 0 radical (unpaired) electrons. The summed E-state index contributed by atoms with van der Waals surface area (Å²) in [6.45, 7) is 0.873. The van der Waals surface area contributed by atoms with Crippen LogP contribution in [0.25, 0.3) is 0 Å². The molecule has 10 heteroatoms. The summed E-state index contributed by atoms with van der Waals surface area (Å²) in [4.78, 5) is 43.2. The fourth-order valence-electron chi connectivity index (χ4n) is 6.70. The molecule has 0 bridgehead atoms. The number of rotatable bonds is 13. The van der Waals surface area contributed by atoms with Crippen LogP contribution >= 0.6 is 0 Å². The number of nitrogens with two attached hydrogens (primary N) is 2. The number of carbonyl (C=O) groups excluding carboxylic acids is 3. The molecule has 0 spiro atoms. The molecular formula is C35H49N7O3. The van der Waals surface area contributed by atoms with Crippen LogP contribution in [0.4, 0.5) is 0 Å². The summed E-state index contributed by atoms with van der Waals surface area (Å²) in [5.74, 6) is -1.38. The Labute approximate surface area is 266 Å². The summed E-state index contributed by atoms with van der Waals surface area (Å²) in [5.41, 5.74) is 13.6. The Hall–Kier alpha value is -4.21. The van der Waals surface area contributed by atoms with Crippen molar-refractivity contribution in [3.8, 4) is 0 Å². The Balaban J connectivity index is 1.50. The van der Waals surface area contributed by atoms with Crippen LogP contribution in [0.1, 0.15) is 74.5 Å². The van der Waals surface area contributed by atoms with Crippen molar-refractivity contribution in [1.29, 1.82) is 10.8 Å². The van der Waals surface area contributed by atoms with Gasteiger partial charge in [-0.25, -0.2) is 0 Å². The molecule has 0 aromatic heterocycles. The Bertz CT molecular complexity index is 1320. The average Bonchev–Trinajstić information content (AvgIpc) is 3.05. The zero-order chi connectivity index (χ0) is 32.3. The molecule has 3 amide bonds. The lowest BCUT2D eigenvalue weighted by Crippen LogP contribution is -2.55. The smallest absolute Gasteiger partial charge is 0.242 e. The number of hydrogen-bond donors (Lipinski definition) is 6. The van der Waals surface area contributed by atoms with Gasteiger partial charge in [0.25, 0.3) is 0 Å². The van der Waals surface area contributed by atoms with Gasteiger partial charge in [-0.1, -0.05) is 73.9 Å². The number of carbonyl (C=O) groups is 3. The van der Waals surface area contributed by atoms with Gasteiger partial charge in [0.15, 0.2) is 0 Å². The van der Waals surface area contributed by atoms with E-state index >= 15 is 0 Å². The number of nitrogens with zero attached hydrogens (tertiary/aromatic N) is 1. The van der Waals surface area contributed by atoms with Crippen LogP contribution in [0, 0.1) is 34.5 Å². The van der Waals surface area contributed by atoms with Crippen LogP contribution in [0.5, 0.6) is 0 Å². The predicted molar refractivity (Wildman–Crippen MR) is 176 cm³/mol. The van der Waals surface area contributed by atoms with E-state index in [1.807, 2.05) is 30.3 Å². The van der Waals surface area contributed by atoms with Gasteiger partial charge in [-0.3, -0.25) is 25.2 Å². The highest BCUT2D eigenvalue weighted by Crippen LogP contribution is 2.29. The summed E-state index contributed by atoms with van der Waals surface area (Å²) < 4.78 is 0. The average molecular weight is 616 g/mol. The lowest BCUT2D eigenvalue weighted by Gasteiger charge is -2.33. The first-order valence-electron chi connectivity index (χ1n) is 16.3. The lowest BCUT2D eigenvalue weighted by molar-refractivity contribution is -0.143. The second-order valence-corrected chi connectivity index (χ2v) is 12.8. The molecule has 242 valence electrons.